The van der Waals surface area contributed by atoms with E-state index in [1.54, 1.807) is 13.2 Å². The second kappa shape index (κ2) is 11.5. The zero-order valence-electron chi connectivity index (χ0n) is 16.9. The third-order valence-electron chi connectivity index (χ3n) is 3.83. The highest BCUT2D eigenvalue weighted by molar-refractivity contribution is 5.79. The van der Waals surface area contributed by atoms with E-state index in [2.05, 4.69) is 41.4 Å². The van der Waals surface area contributed by atoms with Gasteiger partial charge < -0.3 is 19.8 Å². The highest BCUT2D eigenvalue weighted by atomic mass is 16.5. The van der Waals surface area contributed by atoms with Gasteiger partial charge in [-0.25, -0.2) is 4.98 Å². The predicted molar refractivity (Wildman–Crippen MR) is 103 cm³/mol. The number of aliphatic imine (C=N–C) groups is 1. The van der Waals surface area contributed by atoms with E-state index in [1.807, 2.05) is 6.92 Å². The molecular weight excluding hydrogens is 332 g/mol. The van der Waals surface area contributed by atoms with E-state index in [0.29, 0.717) is 25.5 Å². The topological polar surface area (TPSA) is 88.8 Å². The number of rotatable bonds is 10. The first-order valence-corrected chi connectivity index (χ1v) is 9.42. The minimum absolute atomic E-state index is 0.0432. The van der Waals surface area contributed by atoms with E-state index in [4.69, 9.17) is 9.15 Å². The minimum Gasteiger partial charge on any atom is -0.466 e. The number of nitrogens with zero attached hydrogens (tertiary/aromatic N) is 2. The van der Waals surface area contributed by atoms with Crippen molar-refractivity contribution in [2.45, 2.75) is 71.8 Å². The molecule has 0 fully saturated rings. The Morgan fingerprint density at radius 1 is 1.23 bits per heavy atom. The Balaban J connectivity index is 2.16. The standard InChI is InChI=1S/C19H34N4O3/c1-6-25-17(24)11-9-7-8-10-12-21-18(20-5)23-14-16-22-13-15(26-16)19(2,3)4/h13H,6-12,14H2,1-5H3,(H2,20,21,23). The van der Waals surface area contributed by atoms with E-state index >= 15 is 0 Å². The Morgan fingerprint density at radius 3 is 2.58 bits per heavy atom. The molecule has 1 rings (SSSR count). The summed E-state index contributed by atoms with van der Waals surface area (Å²) < 4.78 is 10.7. The van der Waals surface area contributed by atoms with Crippen LogP contribution >= 0.6 is 0 Å². The minimum atomic E-state index is -0.101. The molecule has 7 heteroatoms. The first-order chi connectivity index (χ1) is 12.4. The number of nitrogens with one attached hydrogen (secondary N) is 2. The van der Waals surface area contributed by atoms with Crippen molar-refractivity contribution in [1.29, 1.82) is 0 Å². The molecule has 1 aromatic rings. The molecular formula is C19H34N4O3. The molecule has 0 aromatic carbocycles. The molecule has 1 aromatic heterocycles. The molecule has 0 aliphatic rings. The van der Waals surface area contributed by atoms with Gasteiger partial charge in [0.25, 0.3) is 0 Å². The normalized spacial score (nSPS) is 12.1. The molecule has 0 saturated heterocycles. The van der Waals surface area contributed by atoms with Crippen LogP contribution in [0.1, 0.15) is 71.5 Å². The smallest absolute Gasteiger partial charge is 0.305 e. The molecule has 1 heterocycles. The van der Waals surface area contributed by atoms with Crippen LogP contribution < -0.4 is 10.6 Å². The quantitative estimate of drug-likeness (QED) is 0.286. The zero-order chi connectivity index (χ0) is 19.4. The average Bonchev–Trinajstić information content (AvgIpc) is 3.06. The van der Waals surface area contributed by atoms with Gasteiger partial charge in [0, 0.05) is 25.4 Å². The molecule has 26 heavy (non-hydrogen) atoms. The number of unbranched alkanes of at least 4 members (excludes halogenated alkanes) is 3. The number of hydrogen-bond acceptors (Lipinski definition) is 5. The van der Waals surface area contributed by atoms with Gasteiger partial charge in [0.1, 0.15) is 5.76 Å². The lowest BCUT2D eigenvalue weighted by atomic mass is 9.94. The van der Waals surface area contributed by atoms with Gasteiger partial charge in [0.15, 0.2) is 5.96 Å². The van der Waals surface area contributed by atoms with Crippen LogP contribution in [0.4, 0.5) is 0 Å². The Bertz CT molecular complexity index is 561. The number of carbonyl (C=O) groups excluding carboxylic acids is 1. The lowest BCUT2D eigenvalue weighted by Crippen LogP contribution is -2.37. The molecule has 0 aliphatic heterocycles. The number of carbonyl (C=O) groups is 1. The van der Waals surface area contributed by atoms with E-state index in [1.165, 1.54) is 0 Å². The van der Waals surface area contributed by atoms with Crippen LogP contribution in [0.5, 0.6) is 0 Å². The number of guanidine groups is 1. The van der Waals surface area contributed by atoms with Crippen LogP contribution in [-0.2, 0) is 21.5 Å². The molecule has 2 N–H and O–H groups in total. The van der Waals surface area contributed by atoms with Crippen molar-refractivity contribution in [3.05, 3.63) is 17.8 Å². The molecule has 0 atom stereocenters. The van der Waals surface area contributed by atoms with Gasteiger partial charge in [-0.05, 0) is 19.8 Å². The second-order valence-corrected chi connectivity index (χ2v) is 7.19. The van der Waals surface area contributed by atoms with Crippen LogP contribution in [0.2, 0.25) is 0 Å². The molecule has 0 unspecified atom stereocenters. The second-order valence-electron chi connectivity index (χ2n) is 7.19. The van der Waals surface area contributed by atoms with E-state index in [0.717, 1.165) is 43.9 Å². The van der Waals surface area contributed by atoms with Gasteiger partial charge in [-0.15, -0.1) is 0 Å². The lowest BCUT2D eigenvalue weighted by molar-refractivity contribution is -0.143. The predicted octanol–water partition coefficient (Wildman–Crippen LogP) is 3.15. The summed E-state index contributed by atoms with van der Waals surface area (Å²) in [6.07, 6.45) is 6.29. The Morgan fingerprint density at radius 2 is 1.96 bits per heavy atom. The monoisotopic (exact) mass is 366 g/mol. The van der Waals surface area contributed by atoms with Gasteiger partial charge in [-0.3, -0.25) is 9.79 Å². The maximum absolute atomic E-state index is 11.2. The molecule has 0 radical (unpaired) electrons. The fraction of sp³-hybridized carbons (Fsp3) is 0.737. The third-order valence-corrected chi connectivity index (χ3v) is 3.83. The van der Waals surface area contributed by atoms with Crippen LogP contribution in [0, 0.1) is 0 Å². The maximum atomic E-state index is 11.2. The Kier molecular flexibility index (Phi) is 9.76. The summed E-state index contributed by atoms with van der Waals surface area (Å²) >= 11 is 0. The Hall–Kier alpha value is -2.05. The van der Waals surface area contributed by atoms with Crippen LogP contribution in [0.3, 0.4) is 0 Å². The number of hydrogen-bond donors (Lipinski definition) is 2. The van der Waals surface area contributed by atoms with Gasteiger partial charge in [0.05, 0.1) is 19.3 Å². The van der Waals surface area contributed by atoms with Gasteiger partial charge in [0.2, 0.25) is 5.89 Å². The van der Waals surface area contributed by atoms with Crippen molar-refractivity contribution >= 4 is 11.9 Å². The zero-order valence-corrected chi connectivity index (χ0v) is 16.9. The first-order valence-electron chi connectivity index (χ1n) is 9.42. The molecule has 0 spiro atoms. The highest BCUT2D eigenvalue weighted by Gasteiger charge is 2.19. The number of esters is 1. The van der Waals surface area contributed by atoms with Crippen molar-refractivity contribution < 1.29 is 13.9 Å². The van der Waals surface area contributed by atoms with Crippen molar-refractivity contribution in [2.75, 3.05) is 20.2 Å². The Labute approximate surface area is 157 Å². The average molecular weight is 367 g/mol. The summed E-state index contributed by atoms with van der Waals surface area (Å²) in [4.78, 5) is 19.7. The summed E-state index contributed by atoms with van der Waals surface area (Å²) in [5.74, 6) is 2.15. The van der Waals surface area contributed by atoms with Crippen LogP contribution in [0.15, 0.2) is 15.6 Å². The highest BCUT2D eigenvalue weighted by Crippen LogP contribution is 2.22. The van der Waals surface area contributed by atoms with Crippen LogP contribution in [-0.4, -0.2) is 37.1 Å². The van der Waals surface area contributed by atoms with E-state index < -0.39 is 0 Å². The fourth-order valence-electron chi connectivity index (χ4n) is 2.31. The first kappa shape index (κ1) is 22.0. The third kappa shape index (κ3) is 8.87. The summed E-state index contributed by atoms with van der Waals surface area (Å²) in [5.41, 5.74) is -0.0432. The number of oxazole rings is 1. The fourth-order valence-corrected chi connectivity index (χ4v) is 2.31. The molecule has 7 nitrogen and oxygen atoms in total. The number of ether oxygens (including phenoxy) is 1. The van der Waals surface area contributed by atoms with Crippen molar-refractivity contribution in [3.63, 3.8) is 0 Å². The van der Waals surface area contributed by atoms with E-state index in [-0.39, 0.29) is 11.4 Å². The molecule has 148 valence electrons. The molecule has 0 amide bonds. The van der Waals surface area contributed by atoms with Gasteiger partial charge >= 0.3 is 5.97 Å². The SMILES string of the molecule is CCOC(=O)CCCCCCNC(=NC)NCc1ncc(C(C)(C)C)o1. The molecule has 0 aliphatic carbocycles. The summed E-state index contributed by atoms with van der Waals surface area (Å²) in [5, 5.41) is 6.48. The van der Waals surface area contributed by atoms with Crippen molar-refractivity contribution in [2.24, 2.45) is 4.99 Å². The summed E-state index contributed by atoms with van der Waals surface area (Å²) in [7, 11) is 1.74. The maximum Gasteiger partial charge on any atom is 0.305 e. The lowest BCUT2D eigenvalue weighted by Gasteiger charge is -2.13. The van der Waals surface area contributed by atoms with Crippen LogP contribution in [0.25, 0.3) is 0 Å². The summed E-state index contributed by atoms with van der Waals surface area (Å²) in [6, 6.07) is 0. The molecule has 0 bridgehead atoms. The van der Waals surface area contributed by atoms with E-state index in [9.17, 15) is 4.79 Å². The number of aromatic nitrogens is 1. The molecule has 0 saturated carbocycles. The van der Waals surface area contributed by atoms with Crippen molar-refractivity contribution in [3.8, 4) is 0 Å². The van der Waals surface area contributed by atoms with Crippen molar-refractivity contribution in [1.82, 2.24) is 15.6 Å². The summed E-state index contributed by atoms with van der Waals surface area (Å²) in [6.45, 7) is 9.90. The van der Waals surface area contributed by atoms with Gasteiger partial charge in [-0.1, -0.05) is 33.6 Å². The largest absolute Gasteiger partial charge is 0.466 e. The van der Waals surface area contributed by atoms with Gasteiger partial charge in [-0.2, -0.15) is 0 Å².